The van der Waals surface area contributed by atoms with E-state index in [0.717, 1.165) is 19.4 Å². The van der Waals surface area contributed by atoms with E-state index in [1.807, 2.05) is 21.1 Å². The number of rotatable bonds is 27. The smallest absolute Gasteiger partial charge is 0.407 e. The molecular weight excluding hydrogens is 554 g/mol. The van der Waals surface area contributed by atoms with Gasteiger partial charge in [0.05, 0.1) is 33.4 Å². The Morgan fingerprint density at radius 2 is 1.38 bits per heavy atom. The van der Waals surface area contributed by atoms with E-state index in [1.54, 1.807) is 6.92 Å². The number of sulfonamides is 1. The van der Waals surface area contributed by atoms with E-state index in [4.69, 9.17) is 4.74 Å². The van der Waals surface area contributed by atoms with Crippen LogP contribution in [-0.2, 0) is 14.8 Å². The SMILES string of the molecule is CCCCCCCCCCCCCCCCCCNC(=O)OCC(CNS(=O)(=O)CCC[N+](C)(C)C)n1nnnc1C. The van der Waals surface area contributed by atoms with Crippen molar-refractivity contribution in [3.05, 3.63) is 5.82 Å². The molecule has 246 valence electrons. The number of carbonyl (C=O) groups excluding carboxylic acids is 1. The van der Waals surface area contributed by atoms with E-state index >= 15 is 0 Å². The number of nitrogens with zero attached hydrogens (tertiary/aromatic N) is 5. The number of aromatic nitrogens is 4. The molecule has 12 heteroatoms. The summed E-state index contributed by atoms with van der Waals surface area (Å²) in [6.07, 6.45) is 21.0. The largest absolute Gasteiger partial charge is 0.447 e. The van der Waals surface area contributed by atoms with Crippen molar-refractivity contribution in [3.63, 3.8) is 0 Å². The van der Waals surface area contributed by atoms with Gasteiger partial charge in [0.15, 0.2) is 0 Å². The van der Waals surface area contributed by atoms with Crippen LogP contribution in [0.25, 0.3) is 0 Å². The first kappa shape index (κ1) is 38.2. The minimum atomic E-state index is -3.48. The van der Waals surface area contributed by atoms with Gasteiger partial charge in [-0.25, -0.2) is 22.6 Å². The minimum absolute atomic E-state index is 0.0322. The highest BCUT2D eigenvalue weighted by Crippen LogP contribution is 2.14. The lowest BCUT2D eigenvalue weighted by Crippen LogP contribution is -2.39. The van der Waals surface area contributed by atoms with Crippen molar-refractivity contribution in [1.29, 1.82) is 0 Å². The number of nitrogens with one attached hydrogen (secondary N) is 2. The van der Waals surface area contributed by atoms with Gasteiger partial charge in [-0.15, -0.1) is 5.10 Å². The Morgan fingerprint density at radius 3 is 1.86 bits per heavy atom. The number of hydrogen-bond acceptors (Lipinski definition) is 7. The Kier molecular flexibility index (Phi) is 20.7. The molecule has 2 N–H and O–H groups in total. The lowest BCUT2D eigenvalue weighted by molar-refractivity contribution is -0.870. The van der Waals surface area contributed by atoms with Crippen molar-refractivity contribution >= 4 is 16.1 Å². The van der Waals surface area contributed by atoms with Gasteiger partial charge in [0.25, 0.3) is 0 Å². The fourth-order valence-corrected chi connectivity index (χ4v) is 6.00. The maximum absolute atomic E-state index is 12.5. The zero-order valence-corrected chi connectivity index (χ0v) is 28.2. The minimum Gasteiger partial charge on any atom is -0.447 e. The number of carbonyl (C=O) groups is 1. The van der Waals surface area contributed by atoms with Crippen LogP contribution < -0.4 is 10.0 Å². The third-order valence-corrected chi connectivity index (χ3v) is 8.92. The van der Waals surface area contributed by atoms with E-state index in [0.29, 0.717) is 23.3 Å². The molecule has 0 saturated heterocycles. The summed E-state index contributed by atoms with van der Waals surface area (Å²) in [7, 11) is 2.60. The van der Waals surface area contributed by atoms with Crippen LogP contribution >= 0.6 is 0 Å². The van der Waals surface area contributed by atoms with Crippen molar-refractivity contribution in [3.8, 4) is 0 Å². The van der Waals surface area contributed by atoms with Gasteiger partial charge < -0.3 is 14.5 Å². The summed E-state index contributed by atoms with van der Waals surface area (Å²) in [6.45, 7) is 5.29. The van der Waals surface area contributed by atoms with E-state index in [9.17, 15) is 13.2 Å². The quantitative estimate of drug-likeness (QED) is 0.0983. The number of tetrazole rings is 1. The molecule has 0 radical (unpaired) electrons. The van der Waals surface area contributed by atoms with Crippen LogP contribution in [0.2, 0.25) is 0 Å². The fourth-order valence-electron chi connectivity index (χ4n) is 4.90. The predicted octanol–water partition coefficient (Wildman–Crippen LogP) is 5.53. The Balaban J connectivity index is 2.14. The highest BCUT2D eigenvalue weighted by molar-refractivity contribution is 7.89. The fraction of sp³-hybridized carbons (Fsp3) is 0.933. The van der Waals surface area contributed by atoms with E-state index < -0.39 is 22.2 Å². The van der Waals surface area contributed by atoms with Gasteiger partial charge in [-0.1, -0.05) is 103 Å². The second-order valence-corrected chi connectivity index (χ2v) is 14.6. The van der Waals surface area contributed by atoms with Crippen molar-refractivity contribution in [2.24, 2.45) is 0 Å². The Labute approximate surface area is 256 Å². The Morgan fingerprint density at radius 1 is 0.857 bits per heavy atom. The molecule has 11 nitrogen and oxygen atoms in total. The number of alkyl carbamates (subject to hydrolysis) is 1. The second-order valence-electron chi connectivity index (χ2n) is 12.7. The van der Waals surface area contributed by atoms with Crippen molar-refractivity contribution in [1.82, 2.24) is 30.2 Å². The standard InChI is InChI=1S/C30H61N7O4S/c1-6-7-8-9-10-11-12-13-14-15-16-17-18-19-20-21-23-31-30(38)41-27-29(36-28(2)33-34-35-36)26-32-42(39,40)25-22-24-37(3,4)5/h29,32H,6-27H2,1-5H3/p+1. The predicted molar refractivity (Wildman–Crippen MR) is 170 cm³/mol. The highest BCUT2D eigenvalue weighted by atomic mass is 32.2. The van der Waals surface area contributed by atoms with Crippen LogP contribution in [0, 0.1) is 6.92 Å². The van der Waals surface area contributed by atoms with Gasteiger partial charge in [0.1, 0.15) is 18.5 Å². The van der Waals surface area contributed by atoms with Gasteiger partial charge in [-0.05, 0) is 23.8 Å². The van der Waals surface area contributed by atoms with Gasteiger partial charge in [-0.2, -0.15) is 0 Å². The lowest BCUT2D eigenvalue weighted by Gasteiger charge is -2.23. The zero-order chi connectivity index (χ0) is 31.1. The number of unbranched alkanes of at least 4 members (excludes halogenated alkanes) is 15. The number of amides is 1. The van der Waals surface area contributed by atoms with Crippen molar-refractivity contribution in [2.45, 2.75) is 129 Å². The van der Waals surface area contributed by atoms with Crippen LogP contribution in [0.1, 0.15) is 128 Å². The average molecular weight is 617 g/mol. The number of hydrogen-bond donors (Lipinski definition) is 2. The highest BCUT2D eigenvalue weighted by Gasteiger charge is 2.21. The van der Waals surface area contributed by atoms with Crippen molar-refractivity contribution in [2.75, 3.05) is 53.1 Å². The maximum atomic E-state index is 12.5. The van der Waals surface area contributed by atoms with E-state index in [-0.39, 0.29) is 18.9 Å². The Hall–Kier alpha value is -1.79. The first-order valence-corrected chi connectivity index (χ1v) is 18.1. The molecular formula is C30H62N7O4S+. The van der Waals surface area contributed by atoms with Crippen LogP contribution in [0.5, 0.6) is 0 Å². The molecule has 42 heavy (non-hydrogen) atoms. The third-order valence-electron chi connectivity index (χ3n) is 7.49. The molecule has 0 saturated carbocycles. The summed E-state index contributed by atoms with van der Waals surface area (Å²) in [5.41, 5.74) is 0. The van der Waals surface area contributed by atoms with Crippen molar-refractivity contribution < 1.29 is 22.4 Å². The first-order chi connectivity index (χ1) is 20.0. The van der Waals surface area contributed by atoms with Gasteiger partial charge in [-0.3, -0.25) is 0 Å². The molecule has 1 unspecified atom stereocenters. The average Bonchev–Trinajstić information content (AvgIpc) is 3.35. The van der Waals surface area contributed by atoms with Crippen LogP contribution in [0.3, 0.4) is 0 Å². The van der Waals surface area contributed by atoms with Gasteiger partial charge in [0.2, 0.25) is 10.0 Å². The summed E-state index contributed by atoms with van der Waals surface area (Å²) in [5.74, 6) is 0.547. The number of ether oxygens (including phenoxy) is 1. The van der Waals surface area contributed by atoms with Crippen LogP contribution in [0.15, 0.2) is 0 Å². The molecule has 1 rings (SSSR count). The molecule has 0 fully saturated rings. The molecule has 1 atom stereocenters. The number of aryl methyl sites for hydroxylation is 1. The molecule has 0 bridgehead atoms. The van der Waals surface area contributed by atoms with Gasteiger partial charge >= 0.3 is 6.09 Å². The zero-order valence-electron chi connectivity index (χ0n) is 27.4. The topological polar surface area (TPSA) is 128 Å². The molecule has 0 aromatic carbocycles. The summed E-state index contributed by atoms with van der Waals surface area (Å²) in [4.78, 5) is 12.3. The molecule has 1 aromatic heterocycles. The normalized spacial score (nSPS) is 12.9. The third kappa shape index (κ3) is 21.0. The Bertz CT molecular complexity index is 919. The number of quaternary nitrogens is 1. The van der Waals surface area contributed by atoms with E-state index in [1.165, 1.54) is 94.6 Å². The molecule has 0 aliphatic heterocycles. The van der Waals surface area contributed by atoms with E-state index in [2.05, 4.69) is 32.5 Å². The lowest BCUT2D eigenvalue weighted by atomic mass is 10.0. The second kappa shape index (κ2) is 22.7. The summed E-state index contributed by atoms with van der Waals surface area (Å²) in [5, 5.41) is 14.3. The molecule has 0 aliphatic carbocycles. The van der Waals surface area contributed by atoms with Crippen LogP contribution in [0.4, 0.5) is 4.79 Å². The molecule has 1 aromatic rings. The molecule has 0 spiro atoms. The monoisotopic (exact) mass is 616 g/mol. The maximum Gasteiger partial charge on any atom is 0.407 e. The van der Waals surface area contributed by atoms with Gasteiger partial charge in [0, 0.05) is 19.5 Å². The van der Waals surface area contributed by atoms with Crippen LogP contribution in [-0.4, -0.2) is 92.3 Å². The molecule has 1 amide bonds. The molecule has 1 heterocycles. The summed E-state index contributed by atoms with van der Waals surface area (Å²) < 4.78 is 35.2. The first-order valence-electron chi connectivity index (χ1n) is 16.5. The summed E-state index contributed by atoms with van der Waals surface area (Å²) >= 11 is 0. The molecule has 0 aliphatic rings. The summed E-state index contributed by atoms with van der Waals surface area (Å²) in [6, 6.07) is -0.547.